The van der Waals surface area contributed by atoms with Crippen molar-refractivity contribution in [3.05, 3.63) is 35.4 Å². The number of ketones is 1. The van der Waals surface area contributed by atoms with E-state index in [0.29, 0.717) is 17.8 Å². The molecule has 3 atom stereocenters. The van der Waals surface area contributed by atoms with Crippen LogP contribution in [0.2, 0.25) is 0 Å². The minimum atomic E-state index is -0.0456. The Labute approximate surface area is 114 Å². The van der Waals surface area contributed by atoms with Crippen LogP contribution in [0.4, 0.5) is 5.69 Å². The van der Waals surface area contributed by atoms with Crippen molar-refractivity contribution < 1.29 is 4.79 Å². The number of carbonyl (C=O) groups is 1. The average Bonchev–Trinajstić information content (AvgIpc) is 3.09. The second-order valence-electron chi connectivity index (χ2n) is 5.52. The smallest absolute Gasteiger partial charge is 0.202 e. The molecule has 19 heavy (non-hydrogen) atoms. The second kappa shape index (κ2) is 4.28. The van der Waals surface area contributed by atoms with Crippen LogP contribution >= 0.6 is 0 Å². The van der Waals surface area contributed by atoms with E-state index in [-0.39, 0.29) is 5.78 Å². The summed E-state index contributed by atoms with van der Waals surface area (Å²) in [5.41, 5.74) is 3.88. The number of hydrogen-bond donors (Lipinski definition) is 0. The van der Waals surface area contributed by atoms with Crippen LogP contribution in [0, 0.1) is 23.7 Å². The maximum Gasteiger partial charge on any atom is 0.202 e. The number of allylic oxidation sites excluding steroid dienone is 1. The van der Waals surface area contributed by atoms with Crippen molar-refractivity contribution in [2.45, 2.75) is 12.8 Å². The number of nitrogens with zero attached hydrogens (tertiary/aromatic N) is 1. The molecule has 0 heterocycles. The molecule has 1 aromatic rings. The van der Waals surface area contributed by atoms with Gasteiger partial charge < -0.3 is 4.90 Å². The third-order valence-electron chi connectivity index (χ3n) is 3.93. The molecule has 3 unspecified atom stereocenters. The molecule has 0 spiro atoms. The maximum atomic E-state index is 10.9. The molecule has 1 fully saturated rings. The zero-order valence-electron chi connectivity index (χ0n) is 11.5. The molecule has 0 N–H and O–H groups in total. The van der Waals surface area contributed by atoms with Crippen molar-refractivity contribution in [3.63, 3.8) is 0 Å². The predicted octanol–water partition coefficient (Wildman–Crippen LogP) is 2.70. The van der Waals surface area contributed by atoms with Gasteiger partial charge in [0, 0.05) is 38.5 Å². The van der Waals surface area contributed by atoms with E-state index in [4.69, 9.17) is 0 Å². The molecule has 1 aromatic carbocycles. The second-order valence-corrected chi connectivity index (χ2v) is 5.52. The summed E-state index contributed by atoms with van der Waals surface area (Å²) in [5, 5.41) is 0. The Kier molecular flexibility index (Phi) is 2.71. The van der Waals surface area contributed by atoms with Crippen LogP contribution in [0.3, 0.4) is 0 Å². The third kappa shape index (κ3) is 2.06. The Morgan fingerprint density at radius 3 is 2.79 bits per heavy atom. The largest absolute Gasteiger partial charge is 0.378 e. The lowest BCUT2D eigenvalue weighted by Crippen LogP contribution is -2.09. The number of carbonyl (C=O) groups excluding carboxylic acids is 1. The SMILES string of the molecule is CC(=O)C#CC1C2C=Cc3cc(N(C)C)ccc3C12. The van der Waals surface area contributed by atoms with Gasteiger partial charge in [-0.1, -0.05) is 24.1 Å². The molecule has 2 aliphatic carbocycles. The maximum absolute atomic E-state index is 10.9. The fourth-order valence-corrected chi connectivity index (χ4v) is 2.85. The molecule has 2 nitrogen and oxygen atoms in total. The molecule has 2 heteroatoms. The van der Waals surface area contributed by atoms with Crippen molar-refractivity contribution in [3.8, 4) is 11.8 Å². The summed E-state index contributed by atoms with van der Waals surface area (Å²) >= 11 is 0. The van der Waals surface area contributed by atoms with E-state index >= 15 is 0 Å². The van der Waals surface area contributed by atoms with Gasteiger partial charge in [-0.05, 0) is 35.1 Å². The highest BCUT2D eigenvalue weighted by atomic mass is 16.1. The standard InChI is InChI=1S/C17H17NO/c1-11(19)4-7-15-16-8-5-12-10-13(18(2)3)6-9-14(12)17(15)16/h5-6,8-10,15-17H,1-3H3. The molecule has 0 saturated heterocycles. The van der Waals surface area contributed by atoms with Gasteiger partial charge in [-0.25, -0.2) is 0 Å². The summed E-state index contributed by atoms with van der Waals surface area (Å²) < 4.78 is 0. The summed E-state index contributed by atoms with van der Waals surface area (Å²) in [7, 11) is 4.10. The fraction of sp³-hybridized carbons (Fsp3) is 0.353. The zero-order valence-corrected chi connectivity index (χ0v) is 11.5. The molecule has 0 aliphatic heterocycles. The van der Waals surface area contributed by atoms with Gasteiger partial charge in [0.15, 0.2) is 0 Å². The van der Waals surface area contributed by atoms with E-state index in [9.17, 15) is 4.79 Å². The van der Waals surface area contributed by atoms with Crippen LogP contribution in [-0.4, -0.2) is 19.9 Å². The van der Waals surface area contributed by atoms with Gasteiger partial charge in [-0.2, -0.15) is 0 Å². The van der Waals surface area contributed by atoms with Crippen LogP contribution in [0.25, 0.3) is 6.08 Å². The Bertz CT molecular complexity index is 630. The summed E-state index contributed by atoms with van der Waals surface area (Å²) in [5.74, 6) is 7.08. The van der Waals surface area contributed by atoms with Crippen LogP contribution in [0.1, 0.15) is 24.0 Å². The normalized spacial score (nSPS) is 25.7. The quantitative estimate of drug-likeness (QED) is 0.565. The molecule has 0 amide bonds. The average molecular weight is 251 g/mol. The third-order valence-corrected chi connectivity index (χ3v) is 3.93. The van der Waals surface area contributed by atoms with E-state index in [1.807, 2.05) is 0 Å². The van der Waals surface area contributed by atoms with E-state index in [1.165, 1.54) is 23.7 Å². The van der Waals surface area contributed by atoms with Gasteiger partial charge in [-0.15, -0.1) is 0 Å². The molecule has 0 bridgehead atoms. The lowest BCUT2D eigenvalue weighted by Gasteiger charge is -2.16. The topological polar surface area (TPSA) is 20.3 Å². The van der Waals surface area contributed by atoms with Gasteiger partial charge in [0.1, 0.15) is 0 Å². The number of anilines is 1. The molecule has 1 saturated carbocycles. The van der Waals surface area contributed by atoms with Gasteiger partial charge in [-0.3, -0.25) is 4.79 Å². The van der Waals surface area contributed by atoms with E-state index in [1.54, 1.807) is 0 Å². The first-order valence-electron chi connectivity index (χ1n) is 6.59. The van der Waals surface area contributed by atoms with Crippen LogP contribution < -0.4 is 4.90 Å². The fourth-order valence-electron chi connectivity index (χ4n) is 2.85. The number of hydrogen-bond acceptors (Lipinski definition) is 2. The monoisotopic (exact) mass is 251 g/mol. The van der Waals surface area contributed by atoms with E-state index < -0.39 is 0 Å². The Morgan fingerprint density at radius 1 is 1.32 bits per heavy atom. The first-order chi connectivity index (χ1) is 9.08. The number of rotatable bonds is 1. The van der Waals surface area contributed by atoms with Crippen LogP contribution in [-0.2, 0) is 4.79 Å². The summed E-state index contributed by atoms with van der Waals surface area (Å²) in [4.78, 5) is 13.1. The zero-order chi connectivity index (χ0) is 13.6. The minimum Gasteiger partial charge on any atom is -0.378 e. The van der Waals surface area contributed by atoms with Gasteiger partial charge in [0.25, 0.3) is 0 Å². The van der Waals surface area contributed by atoms with Gasteiger partial charge in [0.05, 0.1) is 0 Å². The highest BCUT2D eigenvalue weighted by Gasteiger charge is 2.50. The van der Waals surface area contributed by atoms with Gasteiger partial charge in [0.2, 0.25) is 5.78 Å². The van der Waals surface area contributed by atoms with Crippen molar-refractivity contribution in [2.75, 3.05) is 19.0 Å². The van der Waals surface area contributed by atoms with Crippen molar-refractivity contribution in [1.82, 2.24) is 0 Å². The van der Waals surface area contributed by atoms with Crippen molar-refractivity contribution in [2.24, 2.45) is 11.8 Å². The highest BCUT2D eigenvalue weighted by Crippen LogP contribution is 2.58. The number of fused-ring (bicyclic) bond motifs is 3. The molecule has 96 valence electrons. The highest BCUT2D eigenvalue weighted by molar-refractivity contribution is 5.93. The lowest BCUT2D eigenvalue weighted by atomic mass is 9.96. The van der Waals surface area contributed by atoms with E-state index in [0.717, 1.165) is 0 Å². The summed E-state index contributed by atoms with van der Waals surface area (Å²) in [6.07, 6.45) is 4.44. The Hall–Kier alpha value is -2.01. The number of benzene rings is 1. The summed E-state index contributed by atoms with van der Waals surface area (Å²) in [6.45, 7) is 1.52. The molecular weight excluding hydrogens is 234 g/mol. The molecule has 3 rings (SSSR count). The lowest BCUT2D eigenvalue weighted by molar-refractivity contribution is -0.111. The van der Waals surface area contributed by atoms with Crippen LogP contribution in [0.15, 0.2) is 24.3 Å². The van der Waals surface area contributed by atoms with Crippen molar-refractivity contribution >= 4 is 17.5 Å². The predicted molar refractivity (Wildman–Crippen MR) is 78.0 cm³/mol. The van der Waals surface area contributed by atoms with E-state index in [2.05, 4.69) is 61.2 Å². The van der Waals surface area contributed by atoms with Crippen molar-refractivity contribution in [1.29, 1.82) is 0 Å². The molecular formula is C17H17NO. The summed E-state index contributed by atoms with van der Waals surface area (Å²) in [6, 6.07) is 6.58. The number of Topliss-reactive ketones (excluding diaryl/α,β-unsaturated/α-hetero) is 1. The first kappa shape index (κ1) is 12.0. The van der Waals surface area contributed by atoms with Gasteiger partial charge >= 0.3 is 0 Å². The molecule has 2 aliphatic rings. The Morgan fingerprint density at radius 2 is 2.11 bits per heavy atom. The minimum absolute atomic E-state index is 0.0456. The molecule has 0 radical (unpaired) electrons. The van der Waals surface area contributed by atoms with Crippen LogP contribution in [0.5, 0.6) is 0 Å². The Balaban J connectivity index is 1.91. The first-order valence-corrected chi connectivity index (χ1v) is 6.59. The molecule has 0 aromatic heterocycles.